The van der Waals surface area contributed by atoms with E-state index in [2.05, 4.69) is 24.0 Å². The molecule has 20 heavy (non-hydrogen) atoms. The molecule has 0 saturated heterocycles. The van der Waals surface area contributed by atoms with Gasteiger partial charge in [-0.1, -0.05) is 29.8 Å². The summed E-state index contributed by atoms with van der Waals surface area (Å²) in [5.74, 6) is 0. The van der Waals surface area contributed by atoms with Gasteiger partial charge in [-0.2, -0.15) is 5.26 Å². The molecular weight excluding hydrogens is 268 g/mol. The van der Waals surface area contributed by atoms with Crippen molar-refractivity contribution in [2.24, 2.45) is 0 Å². The minimum absolute atomic E-state index is 0.141. The van der Waals surface area contributed by atoms with Crippen LogP contribution < -0.4 is 4.90 Å². The minimum Gasteiger partial charge on any atom is -0.367 e. The molecule has 3 heteroatoms. The SMILES string of the molecule is Cc1ccc(C#N)c(N(C)C(C)c2cccc(Cl)c2)c1. The van der Waals surface area contributed by atoms with Crippen LogP contribution in [-0.4, -0.2) is 7.05 Å². The minimum atomic E-state index is 0.141. The molecule has 0 aliphatic heterocycles. The van der Waals surface area contributed by atoms with Crippen LogP contribution in [0.1, 0.15) is 29.7 Å². The lowest BCUT2D eigenvalue weighted by molar-refractivity contribution is 0.738. The van der Waals surface area contributed by atoms with Crippen LogP contribution >= 0.6 is 11.6 Å². The van der Waals surface area contributed by atoms with Crippen LogP contribution in [0.3, 0.4) is 0 Å². The number of hydrogen-bond acceptors (Lipinski definition) is 2. The highest BCUT2D eigenvalue weighted by Crippen LogP contribution is 2.29. The zero-order valence-electron chi connectivity index (χ0n) is 11.9. The first-order valence-corrected chi connectivity index (χ1v) is 6.89. The van der Waals surface area contributed by atoms with Crippen molar-refractivity contribution in [2.45, 2.75) is 19.9 Å². The Morgan fingerprint density at radius 2 is 1.95 bits per heavy atom. The predicted octanol–water partition coefficient (Wildman–Crippen LogP) is 4.72. The second kappa shape index (κ2) is 5.98. The molecule has 0 aliphatic carbocycles. The van der Waals surface area contributed by atoms with Crippen molar-refractivity contribution in [3.63, 3.8) is 0 Å². The molecule has 102 valence electrons. The average Bonchev–Trinajstić information content (AvgIpc) is 2.45. The van der Waals surface area contributed by atoms with Crippen LogP contribution in [0.2, 0.25) is 5.02 Å². The summed E-state index contributed by atoms with van der Waals surface area (Å²) in [6.45, 7) is 4.14. The molecule has 0 aliphatic rings. The number of aryl methyl sites for hydroxylation is 1. The molecular formula is C17H17ClN2. The molecule has 0 saturated carbocycles. The Morgan fingerprint density at radius 1 is 1.20 bits per heavy atom. The first-order chi connectivity index (χ1) is 9.52. The highest BCUT2D eigenvalue weighted by molar-refractivity contribution is 6.30. The van der Waals surface area contributed by atoms with Crippen molar-refractivity contribution in [2.75, 3.05) is 11.9 Å². The Hall–Kier alpha value is -1.98. The fourth-order valence-electron chi connectivity index (χ4n) is 2.23. The van der Waals surface area contributed by atoms with E-state index in [1.807, 2.05) is 50.4 Å². The summed E-state index contributed by atoms with van der Waals surface area (Å²) < 4.78 is 0. The molecule has 2 aromatic rings. The highest BCUT2D eigenvalue weighted by atomic mass is 35.5. The van der Waals surface area contributed by atoms with Crippen molar-refractivity contribution < 1.29 is 0 Å². The van der Waals surface area contributed by atoms with E-state index in [1.165, 1.54) is 0 Å². The zero-order valence-corrected chi connectivity index (χ0v) is 12.6. The Bertz CT molecular complexity index is 658. The fraction of sp³-hybridized carbons (Fsp3) is 0.235. The lowest BCUT2D eigenvalue weighted by Gasteiger charge is -2.28. The number of halogens is 1. The Labute approximate surface area is 125 Å². The lowest BCUT2D eigenvalue weighted by atomic mass is 10.0. The van der Waals surface area contributed by atoms with E-state index < -0.39 is 0 Å². The molecule has 0 heterocycles. The van der Waals surface area contributed by atoms with E-state index in [1.54, 1.807) is 0 Å². The molecule has 1 atom stereocenters. The summed E-state index contributed by atoms with van der Waals surface area (Å²) >= 11 is 6.05. The normalized spacial score (nSPS) is 11.8. The number of nitrogens with zero attached hydrogens (tertiary/aromatic N) is 2. The topological polar surface area (TPSA) is 27.0 Å². The fourth-order valence-corrected chi connectivity index (χ4v) is 2.43. The number of rotatable bonds is 3. The third-order valence-corrected chi connectivity index (χ3v) is 3.80. The van der Waals surface area contributed by atoms with Gasteiger partial charge >= 0.3 is 0 Å². The van der Waals surface area contributed by atoms with E-state index in [4.69, 9.17) is 11.6 Å². The smallest absolute Gasteiger partial charge is 0.101 e. The maximum atomic E-state index is 9.26. The summed E-state index contributed by atoms with van der Waals surface area (Å²) in [5.41, 5.74) is 3.90. The Kier molecular flexibility index (Phi) is 4.32. The second-order valence-corrected chi connectivity index (χ2v) is 5.41. The van der Waals surface area contributed by atoms with Gasteiger partial charge in [-0.05, 0) is 49.2 Å². The summed E-state index contributed by atoms with van der Waals surface area (Å²) in [6.07, 6.45) is 0. The van der Waals surface area contributed by atoms with Crippen LogP contribution in [0.4, 0.5) is 5.69 Å². The highest BCUT2D eigenvalue weighted by Gasteiger charge is 2.15. The molecule has 0 spiro atoms. The molecule has 0 amide bonds. The van der Waals surface area contributed by atoms with Gasteiger partial charge < -0.3 is 4.90 Å². The third kappa shape index (κ3) is 2.95. The largest absolute Gasteiger partial charge is 0.367 e. The van der Waals surface area contributed by atoms with E-state index in [0.29, 0.717) is 5.56 Å². The van der Waals surface area contributed by atoms with Crippen LogP contribution in [-0.2, 0) is 0 Å². The van der Waals surface area contributed by atoms with Crippen molar-refractivity contribution in [3.05, 3.63) is 64.2 Å². The van der Waals surface area contributed by atoms with Crippen molar-refractivity contribution >= 4 is 17.3 Å². The standard InChI is InChI=1S/C17H17ClN2/c1-12-7-8-15(11-19)17(9-12)20(3)13(2)14-5-4-6-16(18)10-14/h4-10,13H,1-3H3. The number of nitriles is 1. The van der Waals surface area contributed by atoms with Gasteiger partial charge in [-0.25, -0.2) is 0 Å². The first kappa shape index (κ1) is 14.4. The van der Waals surface area contributed by atoms with Gasteiger partial charge in [0.1, 0.15) is 6.07 Å². The monoisotopic (exact) mass is 284 g/mol. The van der Waals surface area contributed by atoms with E-state index in [-0.39, 0.29) is 6.04 Å². The van der Waals surface area contributed by atoms with E-state index in [0.717, 1.165) is 21.8 Å². The molecule has 0 bridgehead atoms. The van der Waals surface area contributed by atoms with Crippen molar-refractivity contribution in [1.82, 2.24) is 0 Å². The Balaban J connectivity index is 2.38. The number of hydrogen-bond donors (Lipinski definition) is 0. The van der Waals surface area contributed by atoms with Gasteiger partial charge in [0.25, 0.3) is 0 Å². The molecule has 0 aromatic heterocycles. The maximum Gasteiger partial charge on any atom is 0.101 e. The molecule has 0 radical (unpaired) electrons. The Morgan fingerprint density at radius 3 is 2.60 bits per heavy atom. The molecule has 0 fully saturated rings. The lowest BCUT2D eigenvalue weighted by Crippen LogP contribution is -2.22. The van der Waals surface area contributed by atoms with Crippen LogP contribution in [0.5, 0.6) is 0 Å². The van der Waals surface area contributed by atoms with Crippen LogP contribution in [0.25, 0.3) is 0 Å². The molecule has 1 unspecified atom stereocenters. The van der Waals surface area contributed by atoms with Crippen molar-refractivity contribution in [1.29, 1.82) is 5.26 Å². The van der Waals surface area contributed by atoms with E-state index in [9.17, 15) is 5.26 Å². The summed E-state index contributed by atoms with van der Waals surface area (Å²) in [4.78, 5) is 2.11. The van der Waals surface area contributed by atoms with Gasteiger partial charge in [0, 0.05) is 12.1 Å². The summed E-state index contributed by atoms with van der Waals surface area (Å²) in [7, 11) is 2.00. The predicted molar refractivity (Wildman–Crippen MR) is 84.2 cm³/mol. The van der Waals surface area contributed by atoms with Gasteiger partial charge in [0.2, 0.25) is 0 Å². The van der Waals surface area contributed by atoms with Crippen LogP contribution in [0.15, 0.2) is 42.5 Å². The maximum absolute atomic E-state index is 9.26. The van der Waals surface area contributed by atoms with E-state index >= 15 is 0 Å². The zero-order chi connectivity index (χ0) is 14.7. The van der Waals surface area contributed by atoms with Gasteiger partial charge in [0.05, 0.1) is 17.3 Å². The van der Waals surface area contributed by atoms with Crippen molar-refractivity contribution in [3.8, 4) is 6.07 Å². The quantitative estimate of drug-likeness (QED) is 0.815. The molecule has 0 N–H and O–H groups in total. The van der Waals surface area contributed by atoms with Gasteiger partial charge in [-0.15, -0.1) is 0 Å². The summed E-state index contributed by atoms with van der Waals surface area (Å²) in [6, 6.07) is 16.1. The molecule has 2 aromatic carbocycles. The third-order valence-electron chi connectivity index (χ3n) is 3.57. The summed E-state index contributed by atoms with van der Waals surface area (Å²) in [5, 5.41) is 9.99. The van der Waals surface area contributed by atoms with Gasteiger partial charge in [0.15, 0.2) is 0 Å². The number of anilines is 1. The second-order valence-electron chi connectivity index (χ2n) is 4.97. The van der Waals surface area contributed by atoms with Gasteiger partial charge in [-0.3, -0.25) is 0 Å². The molecule has 2 nitrogen and oxygen atoms in total. The van der Waals surface area contributed by atoms with Crippen LogP contribution in [0, 0.1) is 18.3 Å². The number of benzene rings is 2. The molecule has 2 rings (SSSR count). The first-order valence-electron chi connectivity index (χ1n) is 6.52. The average molecular weight is 285 g/mol.